The van der Waals surface area contributed by atoms with Gasteiger partial charge >= 0.3 is 0 Å². The molecule has 1 aliphatic heterocycles. The Morgan fingerprint density at radius 1 is 1.37 bits per heavy atom. The summed E-state index contributed by atoms with van der Waals surface area (Å²) in [5, 5.41) is 7.16. The van der Waals surface area contributed by atoms with E-state index in [2.05, 4.69) is 24.5 Å². The van der Waals surface area contributed by atoms with Crippen molar-refractivity contribution in [1.82, 2.24) is 10.6 Å². The molecule has 104 valence electrons. The van der Waals surface area contributed by atoms with Crippen molar-refractivity contribution in [2.24, 2.45) is 0 Å². The number of unbranched alkanes of at least 4 members (excludes halogenated alkanes) is 1. The Kier molecular flexibility index (Phi) is 4.85. The van der Waals surface area contributed by atoms with Gasteiger partial charge in [-0.25, -0.2) is 0 Å². The number of hydrogen-bond donors (Lipinski definition) is 2. The summed E-state index contributed by atoms with van der Waals surface area (Å²) in [6.45, 7) is 5.45. The van der Waals surface area contributed by atoms with E-state index >= 15 is 0 Å². The topological polar surface area (TPSA) is 42.5 Å². The van der Waals surface area contributed by atoms with Gasteiger partial charge in [0.05, 0.1) is 6.04 Å². The Morgan fingerprint density at radius 2 is 2.16 bits per heavy atom. The van der Waals surface area contributed by atoms with Gasteiger partial charge in [-0.05, 0) is 43.3 Å². The quantitative estimate of drug-likeness (QED) is 0.641. The zero-order valence-corrected chi connectivity index (χ0v) is 12.2. The van der Waals surface area contributed by atoms with E-state index in [1.165, 1.54) is 0 Å². The Bertz CT molecular complexity index is 451. The largest absolute Gasteiger partial charge is 0.454 e. The molecular weight excluding hydrogens is 260 g/mol. The number of fused-ring (bicyclic) bond motifs is 1. The first-order valence-corrected chi connectivity index (χ1v) is 7.05. The third kappa shape index (κ3) is 3.73. The SMILES string of the molecule is CCCCNC(=S)NC(C)c1ccc2c(c1)OCO2. The Balaban J connectivity index is 1.89. The smallest absolute Gasteiger partial charge is 0.231 e. The van der Waals surface area contributed by atoms with Crippen molar-refractivity contribution in [3.8, 4) is 11.5 Å². The minimum atomic E-state index is 0.135. The van der Waals surface area contributed by atoms with E-state index in [4.69, 9.17) is 21.7 Å². The van der Waals surface area contributed by atoms with Gasteiger partial charge < -0.3 is 20.1 Å². The second-order valence-electron chi connectivity index (χ2n) is 4.59. The highest BCUT2D eigenvalue weighted by molar-refractivity contribution is 7.80. The second-order valence-corrected chi connectivity index (χ2v) is 5.00. The average molecular weight is 280 g/mol. The van der Waals surface area contributed by atoms with E-state index in [1.807, 2.05) is 18.2 Å². The molecule has 4 nitrogen and oxygen atoms in total. The second kappa shape index (κ2) is 6.61. The Hall–Kier alpha value is -1.49. The fourth-order valence-electron chi connectivity index (χ4n) is 1.89. The zero-order valence-electron chi connectivity index (χ0n) is 11.4. The number of benzene rings is 1. The third-order valence-electron chi connectivity index (χ3n) is 3.06. The molecule has 2 N–H and O–H groups in total. The molecule has 0 fully saturated rings. The lowest BCUT2D eigenvalue weighted by Gasteiger charge is -2.17. The number of rotatable bonds is 5. The summed E-state index contributed by atoms with van der Waals surface area (Å²) in [7, 11) is 0. The molecule has 1 atom stereocenters. The van der Waals surface area contributed by atoms with Crippen LogP contribution in [-0.4, -0.2) is 18.5 Å². The van der Waals surface area contributed by atoms with Crippen molar-refractivity contribution in [1.29, 1.82) is 0 Å². The molecule has 1 aromatic rings. The molecule has 0 aromatic heterocycles. The van der Waals surface area contributed by atoms with Crippen LogP contribution in [0.1, 0.15) is 38.3 Å². The highest BCUT2D eigenvalue weighted by atomic mass is 32.1. The highest BCUT2D eigenvalue weighted by Crippen LogP contribution is 2.34. The summed E-state index contributed by atoms with van der Waals surface area (Å²) in [6, 6.07) is 6.09. The molecule has 1 aromatic carbocycles. The molecule has 1 aliphatic rings. The number of nitrogens with one attached hydrogen (secondary N) is 2. The van der Waals surface area contributed by atoms with Crippen LogP contribution in [-0.2, 0) is 0 Å². The van der Waals surface area contributed by atoms with Crippen LogP contribution in [0.4, 0.5) is 0 Å². The normalized spacial score (nSPS) is 14.0. The van der Waals surface area contributed by atoms with Crippen LogP contribution in [0.15, 0.2) is 18.2 Å². The van der Waals surface area contributed by atoms with Gasteiger partial charge in [-0.1, -0.05) is 19.4 Å². The molecule has 0 saturated heterocycles. The number of thiocarbonyl (C=S) groups is 1. The van der Waals surface area contributed by atoms with Gasteiger partial charge in [0.2, 0.25) is 6.79 Å². The van der Waals surface area contributed by atoms with E-state index in [0.29, 0.717) is 11.9 Å². The van der Waals surface area contributed by atoms with E-state index in [-0.39, 0.29) is 6.04 Å². The van der Waals surface area contributed by atoms with Crippen LogP contribution in [0.25, 0.3) is 0 Å². The predicted octanol–water partition coefficient (Wildman–Crippen LogP) is 2.74. The molecule has 2 rings (SSSR count). The van der Waals surface area contributed by atoms with Gasteiger partial charge in [0.1, 0.15) is 0 Å². The first-order valence-electron chi connectivity index (χ1n) is 6.64. The van der Waals surface area contributed by atoms with E-state index < -0.39 is 0 Å². The first-order chi connectivity index (χ1) is 9.20. The van der Waals surface area contributed by atoms with Gasteiger partial charge in [-0.15, -0.1) is 0 Å². The highest BCUT2D eigenvalue weighted by Gasteiger charge is 2.15. The lowest BCUT2D eigenvalue weighted by molar-refractivity contribution is 0.174. The summed E-state index contributed by atoms with van der Waals surface area (Å²) in [6.07, 6.45) is 2.29. The lowest BCUT2D eigenvalue weighted by atomic mass is 10.1. The van der Waals surface area contributed by atoms with Gasteiger partial charge in [-0.3, -0.25) is 0 Å². The Morgan fingerprint density at radius 3 is 2.95 bits per heavy atom. The molecule has 5 heteroatoms. The van der Waals surface area contributed by atoms with Gasteiger partial charge in [-0.2, -0.15) is 0 Å². The van der Waals surface area contributed by atoms with Crippen LogP contribution in [0.3, 0.4) is 0 Å². The van der Waals surface area contributed by atoms with E-state index in [0.717, 1.165) is 36.4 Å². The van der Waals surface area contributed by atoms with Crippen LogP contribution in [0.5, 0.6) is 11.5 Å². The molecule has 0 radical (unpaired) electrons. The molecule has 0 amide bonds. The minimum Gasteiger partial charge on any atom is -0.454 e. The van der Waals surface area contributed by atoms with E-state index in [1.54, 1.807) is 0 Å². The molecule has 0 aliphatic carbocycles. The van der Waals surface area contributed by atoms with Crippen LogP contribution in [0, 0.1) is 0 Å². The summed E-state index contributed by atoms with van der Waals surface area (Å²) in [5.41, 5.74) is 1.13. The standard InChI is InChI=1S/C14H20N2O2S/c1-3-4-7-15-14(19)16-10(2)11-5-6-12-13(8-11)18-9-17-12/h5-6,8,10H,3-4,7,9H2,1-2H3,(H2,15,16,19). The van der Waals surface area contributed by atoms with Gasteiger partial charge in [0.25, 0.3) is 0 Å². The summed E-state index contributed by atoms with van der Waals surface area (Å²) >= 11 is 5.26. The van der Waals surface area contributed by atoms with Crippen LogP contribution >= 0.6 is 12.2 Å². The van der Waals surface area contributed by atoms with Crippen LogP contribution < -0.4 is 20.1 Å². The Labute approximate surface area is 119 Å². The summed E-state index contributed by atoms with van der Waals surface area (Å²) < 4.78 is 10.7. The van der Waals surface area contributed by atoms with Crippen LogP contribution in [0.2, 0.25) is 0 Å². The lowest BCUT2D eigenvalue weighted by Crippen LogP contribution is -2.37. The molecule has 1 unspecified atom stereocenters. The maximum Gasteiger partial charge on any atom is 0.231 e. The zero-order chi connectivity index (χ0) is 13.7. The average Bonchev–Trinajstić information content (AvgIpc) is 2.86. The third-order valence-corrected chi connectivity index (χ3v) is 3.32. The predicted molar refractivity (Wildman–Crippen MR) is 79.6 cm³/mol. The van der Waals surface area contributed by atoms with Crippen molar-refractivity contribution in [3.63, 3.8) is 0 Å². The van der Waals surface area contributed by atoms with Crippen molar-refractivity contribution < 1.29 is 9.47 Å². The van der Waals surface area contributed by atoms with Gasteiger partial charge in [0.15, 0.2) is 16.6 Å². The monoisotopic (exact) mass is 280 g/mol. The van der Waals surface area contributed by atoms with Crippen molar-refractivity contribution in [2.45, 2.75) is 32.7 Å². The van der Waals surface area contributed by atoms with E-state index in [9.17, 15) is 0 Å². The maximum absolute atomic E-state index is 5.38. The van der Waals surface area contributed by atoms with Crippen molar-refractivity contribution in [3.05, 3.63) is 23.8 Å². The van der Waals surface area contributed by atoms with Gasteiger partial charge in [0, 0.05) is 6.54 Å². The van der Waals surface area contributed by atoms with Crippen molar-refractivity contribution in [2.75, 3.05) is 13.3 Å². The molecular formula is C14H20N2O2S. The number of hydrogen-bond acceptors (Lipinski definition) is 3. The molecule has 0 saturated carbocycles. The summed E-state index contributed by atoms with van der Waals surface area (Å²) in [4.78, 5) is 0. The number of ether oxygens (including phenoxy) is 2. The van der Waals surface area contributed by atoms with Crippen molar-refractivity contribution >= 4 is 17.3 Å². The minimum absolute atomic E-state index is 0.135. The maximum atomic E-state index is 5.38. The first kappa shape index (κ1) is 13.9. The molecule has 19 heavy (non-hydrogen) atoms. The molecule has 1 heterocycles. The fraction of sp³-hybridized carbons (Fsp3) is 0.500. The molecule has 0 bridgehead atoms. The molecule has 0 spiro atoms. The summed E-state index contributed by atoms with van der Waals surface area (Å²) in [5.74, 6) is 1.61. The fourth-order valence-corrected chi connectivity index (χ4v) is 2.17.